The zero-order chi connectivity index (χ0) is 35.3. The molecule has 13 nitrogen and oxygen atoms in total. The van der Waals surface area contributed by atoms with E-state index in [9.17, 15) is 24.0 Å². The van der Waals surface area contributed by atoms with Gasteiger partial charge < -0.3 is 18.9 Å². The molecule has 3 aliphatic rings. The predicted molar refractivity (Wildman–Crippen MR) is 178 cm³/mol. The molecule has 13 heteroatoms. The molecular formula is C37H31N3O10. The Bertz CT molecular complexity index is 2080. The first kappa shape index (κ1) is 32.5. The third-order valence-electron chi connectivity index (χ3n) is 8.80. The highest BCUT2D eigenvalue weighted by Crippen LogP contribution is 2.52. The number of aromatic nitrogens is 1. The number of fused-ring (bicyclic) bond motifs is 5. The van der Waals surface area contributed by atoms with Gasteiger partial charge in [-0.15, -0.1) is 0 Å². The largest absolute Gasteiger partial charge is 0.462 e. The van der Waals surface area contributed by atoms with Gasteiger partial charge in [-0.3, -0.25) is 38.2 Å². The average molecular weight is 678 g/mol. The zero-order valence-electron chi connectivity index (χ0n) is 27.2. The molecule has 254 valence electrons. The molecule has 3 aliphatic heterocycles. The molecule has 1 saturated heterocycles. The van der Waals surface area contributed by atoms with E-state index in [0.29, 0.717) is 16.9 Å². The topological polar surface area (TPSA) is 151 Å². The van der Waals surface area contributed by atoms with Crippen LogP contribution in [0.2, 0.25) is 0 Å². The van der Waals surface area contributed by atoms with E-state index < -0.39 is 72.5 Å². The maximum atomic E-state index is 15.0. The first-order valence-corrected chi connectivity index (χ1v) is 15.9. The molecule has 7 rings (SSSR count). The van der Waals surface area contributed by atoms with E-state index >= 15 is 4.79 Å². The molecule has 0 N–H and O–H groups in total. The van der Waals surface area contributed by atoms with Crippen LogP contribution in [0.5, 0.6) is 0 Å². The Balaban J connectivity index is 1.52. The molecule has 1 aromatic heterocycles. The molecule has 5 atom stereocenters. The molecule has 0 radical (unpaired) electrons. The monoisotopic (exact) mass is 677 g/mol. The summed E-state index contributed by atoms with van der Waals surface area (Å²) >= 11 is 0. The molecular weight excluding hydrogens is 646 g/mol. The summed E-state index contributed by atoms with van der Waals surface area (Å²) in [5.41, 5.74) is 0.437. The summed E-state index contributed by atoms with van der Waals surface area (Å²) in [6, 6.07) is 24.6. The van der Waals surface area contributed by atoms with Crippen molar-refractivity contribution in [1.82, 2.24) is 4.57 Å². The number of imide groups is 1. The third-order valence-corrected chi connectivity index (χ3v) is 8.80. The molecule has 4 aromatic rings. The van der Waals surface area contributed by atoms with Gasteiger partial charge in [-0.1, -0.05) is 66.7 Å². The number of amides is 2. The van der Waals surface area contributed by atoms with Crippen molar-refractivity contribution in [2.75, 3.05) is 16.4 Å². The van der Waals surface area contributed by atoms with Gasteiger partial charge in [0.05, 0.1) is 22.4 Å². The minimum Gasteiger partial charge on any atom is -0.462 e. The second kappa shape index (κ2) is 12.7. The van der Waals surface area contributed by atoms with Crippen molar-refractivity contribution in [3.63, 3.8) is 0 Å². The summed E-state index contributed by atoms with van der Waals surface area (Å²) in [5, 5.41) is 0. The summed E-state index contributed by atoms with van der Waals surface area (Å²) < 4.78 is 24.5. The van der Waals surface area contributed by atoms with Crippen molar-refractivity contribution >= 4 is 46.9 Å². The number of benzene rings is 3. The fourth-order valence-corrected chi connectivity index (χ4v) is 6.99. The molecule has 2 amide bonds. The van der Waals surface area contributed by atoms with Crippen LogP contribution in [0.3, 0.4) is 0 Å². The van der Waals surface area contributed by atoms with Crippen LogP contribution >= 0.6 is 0 Å². The molecule has 4 heterocycles. The Labute approximate surface area is 285 Å². The summed E-state index contributed by atoms with van der Waals surface area (Å²) in [7, 11) is 0. The SMILES string of the molecule is CC(=O)OC[C@@H](OC(C)=O)[C@H]1O[C@H]2[C@@H]([C@H]1OC(C)=O)n1c(c3c(c(-c4ccccc4)c1=O)C(=O)N(c1ccccc1)C3=O)N2c1ccccc1. The second-order valence-corrected chi connectivity index (χ2v) is 12.0. The molecule has 50 heavy (non-hydrogen) atoms. The number of esters is 3. The van der Waals surface area contributed by atoms with Gasteiger partial charge in [0.25, 0.3) is 17.4 Å². The minimum absolute atomic E-state index is 0.0173. The number of pyridine rings is 1. The minimum atomic E-state index is -1.29. The predicted octanol–water partition coefficient (Wildman–Crippen LogP) is 4.16. The van der Waals surface area contributed by atoms with Gasteiger partial charge in [0.15, 0.2) is 18.4 Å². The van der Waals surface area contributed by atoms with Gasteiger partial charge in [0, 0.05) is 26.5 Å². The molecule has 0 saturated carbocycles. The number of ether oxygens (including phenoxy) is 4. The maximum absolute atomic E-state index is 15.0. The third kappa shape index (κ3) is 5.31. The lowest BCUT2D eigenvalue weighted by atomic mass is 9.97. The van der Waals surface area contributed by atoms with E-state index in [1.807, 2.05) is 0 Å². The standard InChI is InChI=1S/C37H31N3O10/c1-20(41)47-19-26(48-21(2)42)31-32(49-22(3)43)30-37(50-31)38(24-15-9-5-10-16-24)33-29-28(27(34(44)40(30)33)23-13-7-4-8-14-23)35(45)39(36(29)46)25-17-11-6-12-18-25/h4-18,26,30-32,37H,19H2,1-3H3/t26-,30-,31-,32-,37+/m1/s1. The van der Waals surface area contributed by atoms with Crippen LogP contribution in [0, 0.1) is 0 Å². The lowest BCUT2D eigenvalue weighted by Gasteiger charge is -2.30. The molecule has 0 aliphatic carbocycles. The first-order chi connectivity index (χ1) is 24.1. The lowest BCUT2D eigenvalue weighted by Crippen LogP contribution is -2.46. The number of carbonyl (C=O) groups excluding carboxylic acids is 5. The number of hydrogen-bond donors (Lipinski definition) is 0. The number of nitrogens with zero attached hydrogens (tertiary/aromatic N) is 3. The van der Waals surface area contributed by atoms with Crippen LogP contribution in [-0.2, 0) is 33.3 Å². The Morgan fingerprint density at radius 1 is 0.720 bits per heavy atom. The zero-order valence-corrected chi connectivity index (χ0v) is 27.2. The van der Waals surface area contributed by atoms with Crippen molar-refractivity contribution in [2.24, 2.45) is 0 Å². The van der Waals surface area contributed by atoms with Crippen LogP contribution in [0.25, 0.3) is 11.1 Å². The second-order valence-electron chi connectivity index (χ2n) is 12.0. The normalized spacial score (nSPS) is 20.9. The van der Waals surface area contributed by atoms with Crippen LogP contribution in [0.15, 0.2) is 95.8 Å². The number of para-hydroxylation sites is 2. The highest BCUT2D eigenvalue weighted by atomic mass is 16.6. The average Bonchev–Trinajstić information content (AvgIpc) is 3.70. The van der Waals surface area contributed by atoms with Crippen molar-refractivity contribution in [3.8, 4) is 11.1 Å². The Morgan fingerprint density at radius 3 is 1.88 bits per heavy atom. The van der Waals surface area contributed by atoms with Gasteiger partial charge >= 0.3 is 17.9 Å². The van der Waals surface area contributed by atoms with E-state index in [0.717, 1.165) is 4.90 Å². The van der Waals surface area contributed by atoms with E-state index in [1.54, 1.807) is 95.9 Å². The van der Waals surface area contributed by atoms with Crippen molar-refractivity contribution in [2.45, 2.75) is 51.4 Å². The number of rotatable bonds is 8. The van der Waals surface area contributed by atoms with Gasteiger partial charge in [-0.25, -0.2) is 4.90 Å². The Kier molecular flexibility index (Phi) is 8.28. The molecule has 3 aromatic carbocycles. The fourth-order valence-electron chi connectivity index (χ4n) is 6.99. The van der Waals surface area contributed by atoms with Crippen molar-refractivity contribution in [1.29, 1.82) is 0 Å². The maximum Gasteiger partial charge on any atom is 0.303 e. The summed E-state index contributed by atoms with van der Waals surface area (Å²) in [4.78, 5) is 83.4. The number of anilines is 3. The summed E-state index contributed by atoms with van der Waals surface area (Å²) in [5.74, 6) is -3.35. The smallest absolute Gasteiger partial charge is 0.303 e. The fraction of sp³-hybridized carbons (Fsp3) is 0.243. The van der Waals surface area contributed by atoms with Gasteiger partial charge in [0.2, 0.25) is 0 Å². The quantitative estimate of drug-likeness (QED) is 0.150. The van der Waals surface area contributed by atoms with Crippen LogP contribution in [-0.4, -0.2) is 65.4 Å². The molecule has 1 fully saturated rings. The van der Waals surface area contributed by atoms with E-state index in [4.69, 9.17) is 18.9 Å². The van der Waals surface area contributed by atoms with Crippen LogP contribution in [0.4, 0.5) is 17.2 Å². The van der Waals surface area contributed by atoms with E-state index in [-0.39, 0.29) is 22.5 Å². The Hall–Kier alpha value is -6.08. The Morgan fingerprint density at radius 2 is 1.30 bits per heavy atom. The molecule has 0 unspecified atom stereocenters. The first-order valence-electron chi connectivity index (χ1n) is 15.9. The van der Waals surface area contributed by atoms with Crippen molar-refractivity contribution in [3.05, 3.63) is 112 Å². The van der Waals surface area contributed by atoms with E-state index in [2.05, 4.69) is 0 Å². The molecule has 0 bridgehead atoms. The van der Waals surface area contributed by atoms with Crippen molar-refractivity contribution < 1.29 is 42.9 Å². The van der Waals surface area contributed by atoms with Gasteiger partial charge in [-0.05, 0) is 29.8 Å². The summed E-state index contributed by atoms with van der Waals surface area (Å²) in [6.45, 7) is 3.11. The van der Waals surface area contributed by atoms with Crippen LogP contribution < -0.4 is 15.4 Å². The number of hydrogen-bond acceptors (Lipinski definition) is 11. The summed E-state index contributed by atoms with van der Waals surface area (Å²) in [6.07, 6.45) is -4.89. The van der Waals surface area contributed by atoms with Gasteiger partial charge in [0.1, 0.15) is 24.6 Å². The highest BCUT2D eigenvalue weighted by Gasteiger charge is 2.61. The number of carbonyl (C=O) groups is 5. The van der Waals surface area contributed by atoms with Gasteiger partial charge in [-0.2, -0.15) is 0 Å². The van der Waals surface area contributed by atoms with E-state index in [1.165, 1.54) is 25.3 Å². The van der Waals surface area contributed by atoms with Crippen LogP contribution in [0.1, 0.15) is 47.5 Å². The highest BCUT2D eigenvalue weighted by molar-refractivity contribution is 6.37. The lowest BCUT2D eigenvalue weighted by molar-refractivity contribution is -0.174. The molecule has 0 spiro atoms.